The monoisotopic (exact) mass is 497 g/mol. The molecular weight excluding hydrogens is 461 g/mol. The predicted molar refractivity (Wildman–Crippen MR) is 136 cm³/mol. The Kier molecular flexibility index (Phi) is 8.26. The minimum Gasteiger partial charge on any atom is -0.491 e. The zero-order chi connectivity index (χ0) is 25.8. The molecule has 194 valence electrons. The van der Waals surface area contributed by atoms with Crippen molar-refractivity contribution in [2.75, 3.05) is 39.2 Å². The maximum absolute atomic E-state index is 13.5. The Bertz CT molecular complexity index is 1070. The van der Waals surface area contributed by atoms with Gasteiger partial charge in [0.25, 0.3) is 5.91 Å². The van der Waals surface area contributed by atoms with E-state index in [9.17, 15) is 14.0 Å². The summed E-state index contributed by atoms with van der Waals surface area (Å²) in [4.78, 5) is 29.6. The maximum atomic E-state index is 13.5. The average Bonchev–Trinajstić information content (AvgIpc) is 3.71. The molecule has 2 amide bonds. The minimum atomic E-state index is -0.259. The third-order valence-corrected chi connectivity index (χ3v) is 7.09. The van der Waals surface area contributed by atoms with Crippen molar-refractivity contribution in [3.8, 4) is 5.75 Å². The molecule has 2 aromatic carbocycles. The second-order valence-electron chi connectivity index (χ2n) is 10.1. The van der Waals surface area contributed by atoms with E-state index in [1.54, 1.807) is 49.4 Å². The van der Waals surface area contributed by atoms with E-state index in [0.717, 1.165) is 18.4 Å². The molecule has 1 heterocycles. The first-order valence-electron chi connectivity index (χ1n) is 12.6. The van der Waals surface area contributed by atoms with E-state index in [-0.39, 0.29) is 41.6 Å². The average molecular weight is 498 g/mol. The number of fused-ring (bicyclic) bond motifs is 1. The first kappa shape index (κ1) is 26.1. The molecule has 2 aromatic rings. The number of amides is 2. The van der Waals surface area contributed by atoms with Crippen LogP contribution in [-0.4, -0.2) is 67.6 Å². The van der Waals surface area contributed by atoms with E-state index in [1.807, 2.05) is 0 Å². The number of benzene rings is 2. The molecule has 0 unspecified atom stereocenters. The maximum Gasteiger partial charge on any atom is 0.257 e. The molecule has 0 saturated heterocycles. The summed E-state index contributed by atoms with van der Waals surface area (Å²) in [5.41, 5.74) is 2.07. The largest absolute Gasteiger partial charge is 0.491 e. The van der Waals surface area contributed by atoms with Crippen LogP contribution in [0.2, 0.25) is 0 Å². The molecule has 0 aromatic heterocycles. The van der Waals surface area contributed by atoms with Crippen LogP contribution in [0, 0.1) is 17.7 Å². The van der Waals surface area contributed by atoms with Crippen LogP contribution in [-0.2, 0) is 16.1 Å². The Labute approximate surface area is 212 Å². The van der Waals surface area contributed by atoms with Crippen molar-refractivity contribution >= 4 is 17.5 Å². The second-order valence-corrected chi connectivity index (χ2v) is 10.1. The van der Waals surface area contributed by atoms with Crippen molar-refractivity contribution < 1.29 is 23.5 Å². The summed E-state index contributed by atoms with van der Waals surface area (Å²) in [6, 6.07) is 11.8. The standard InChI is InChI=1S/C28H36FN3O4/c1-18-14-32(15-20-5-9-22(29)10-6-20)19(2)17-36-25-13-23(30-27(33)21-7-8-21)11-12-24(25)28(34)31(3)16-26(18)35-4/h5-6,9-13,18-19,21,26H,7-8,14-17H2,1-4H3,(H,30,33)/t18-,19+,26-/m1/s1. The Morgan fingerprint density at radius 3 is 2.53 bits per heavy atom. The molecule has 36 heavy (non-hydrogen) atoms. The van der Waals surface area contributed by atoms with Gasteiger partial charge in [-0.3, -0.25) is 14.5 Å². The summed E-state index contributed by atoms with van der Waals surface area (Å²) in [7, 11) is 3.43. The molecular formula is C28H36FN3O4. The number of nitrogens with one attached hydrogen (secondary N) is 1. The number of hydrogen-bond donors (Lipinski definition) is 1. The van der Waals surface area contributed by atoms with Crippen LogP contribution < -0.4 is 10.1 Å². The van der Waals surface area contributed by atoms with Gasteiger partial charge in [-0.2, -0.15) is 0 Å². The van der Waals surface area contributed by atoms with Crippen LogP contribution in [0.25, 0.3) is 0 Å². The van der Waals surface area contributed by atoms with Crippen LogP contribution in [0.4, 0.5) is 10.1 Å². The number of hydrogen-bond acceptors (Lipinski definition) is 5. The lowest BCUT2D eigenvalue weighted by atomic mass is 10.0. The van der Waals surface area contributed by atoms with Gasteiger partial charge in [-0.1, -0.05) is 19.1 Å². The van der Waals surface area contributed by atoms with Crippen molar-refractivity contribution in [3.63, 3.8) is 0 Å². The fourth-order valence-corrected chi connectivity index (χ4v) is 4.56. The molecule has 4 rings (SSSR count). The molecule has 2 aliphatic rings. The quantitative estimate of drug-likeness (QED) is 0.671. The number of rotatable bonds is 5. The first-order valence-corrected chi connectivity index (χ1v) is 12.6. The predicted octanol–water partition coefficient (Wildman–Crippen LogP) is 4.18. The molecule has 0 bridgehead atoms. The zero-order valence-electron chi connectivity index (χ0n) is 21.5. The first-order chi connectivity index (χ1) is 17.2. The van der Waals surface area contributed by atoms with Crippen molar-refractivity contribution in [2.45, 2.75) is 45.4 Å². The Morgan fingerprint density at radius 1 is 1.14 bits per heavy atom. The Balaban J connectivity index is 1.62. The summed E-state index contributed by atoms with van der Waals surface area (Å²) in [6.07, 6.45) is 1.66. The molecule has 3 atom stereocenters. The molecule has 1 aliphatic heterocycles. The van der Waals surface area contributed by atoms with Gasteiger partial charge in [-0.25, -0.2) is 4.39 Å². The van der Waals surface area contributed by atoms with Gasteiger partial charge < -0.3 is 19.7 Å². The van der Waals surface area contributed by atoms with Crippen LogP contribution in [0.1, 0.15) is 42.6 Å². The number of methoxy groups -OCH3 is 1. The second kappa shape index (κ2) is 11.4. The fourth-order valence-electron chi connectivity index (χ4n) is 4.56. The van der Waals surface area contributed by atoms with E-state index in [0.29, 0.717) is 43.2 Å². The van der Waals surface area contributed by atoms with Crippen LogP contribution >= 0.6 is 0 Å². The third-order valence-electron chi connectivity index (χ3n) is 7.09. The molecule has 1 aliphatic carbocycles. The van der Waals surface area contributed by atoms with Gasteiger partial charge >= 0.3 is 0 Å². The fraction of sp³-hybridized carbons (Fsp3) is 0.500. The number of carbonyl (C=O) groups excluding carboxylic acids is 2. The number of anilines is 1. The molecule has 1 saturated carbocycles. The normalized spacial score (nSPS) is 23.8. The molecule has 1 N–H and O–H groups in total. The minimum absolute atomic E-state index is 0.000159. The lowest BCUT2D eigenvalue weighted by molar-refractivity contribution is -0.117. The lowest BCUT2D eigenvalue weighted by Crippen LogP contribution is -2.46. The van der Waals surface area contributed by atoms with Crippen LogP contribution in [0.5, 0.6) is 5.75 Å². The Morgan fingerprint density at radius 2 is 1.86 bits per heavy atom. The third kappa shape index (κ3) is 6.42. The molecule has 0 spiro atoms. The van der Waals surface area contributed by atoms with E-state index >= 15 is 0 Å². The van der Waals surface area contributed by atoms with Gasteiger partial charge in [0.2, 0.25) is 5.91 Å². The smallest absolute Gasteiger partial charge is 0.257 e. The number of carbonyl (C=O) groups is 2. The van der Waals surface area contributed by atoms with Crippen molar-refractivity contribution in [2.24, 2.45) is 11.8 Å². The number of halogens is 1. The van der Waals surface area contributed by atoms with Crippen LogP contribution in [0.15, 0.2) is 42.5 Å². The van der Waals surface area contributed by atoms with Crippen molar-refractivity contribution in [3.05, 3.63) is 59.4 Å². The highest BCUT2D eigenvalue weighted by atomic mass is 19.1. The highest BCUT2D eigenvalue weighted by molar-refractivity contribution is 5.99. The van der Waals surface area contributed by atoms with Gasteiger partial charge in [0.05, 0.1) is 11.7 Å². The molecule has 1 fully saturated rings. The highest BCUT2D eigenvalue weighted by Gasteiger charge is 2.31. The summed E-state index contributed by atoms with van der Waals surface area (Å²) >= 11 is 0. The molecule has 8 heteroatoms. The van der Waals surface area contributed by atoms with Crippen molar-refractivity contribution in [1.29, 1.82) is 0 Å². The number of nitrogens with zero attached hydrogens (tertiary/aromatic N) is 2. The van der Waals surface area contributed by atoms with Gasteiger partial charge in [0.1, 0.15) is 18.2 Å². The molecule has 0 radical (unpaired) electrons. The molecule has 7 nitrogen and oxygen atoms in total. The van der Waals surface area contributed by atoms with Gasteiger partial charge in [-0.05, 0) is 55.5 Å². The van der Waals surface area contributed by atoms with E-state index in [2.05, 4.69) is 24.1 Å². The van der Waals surface area contributed by atoms with Crippen molar-refractivity contribution in [1.82, 2.24) is 9.80 Å². The lowest BCUT2D eigenvalue weighted by Gasteiger charge is -2.36. The van der Waals surface area contributed by atoms with Gasteiger partial charge in [0.15, 0.2) is 0 Å². The topological polar surface area (TPSA) is 71.1 Å². The zero-order valence-corrected chi connectivity index (χ0v) is 21.5. The van der Waals surface area contributed by atoms with Gasteiger partial charge in [0, 0.05) is 57.5 Å². The van der Waals surface area contributed by atoms with E-state index < -0.39 is 0 Å². The van der Waals surface area contributed by atoms with Crippen LogP contribution in [0.3, 0.4) is 0 Å². The summed E-state index contributed by atoms with van der Waals surface area (Å²) < 4.78 is 25.5. The summed E-state index contributed by atoms with van der Waals surface area (Å²) in [5.74, 6) is 0.236. The van der Waals surface area contributed by atoms with E-state index in [1.165, 1.54) is 12.1 Å². The van der Waals surface area contributed by atoms with Gasteiger partial charge in [-0.15, -0.1) is 0 Å². The SMILES string of the molecule is CO[C@@H]1CN(C)C(=O)c2ccc(NC(=O)C3CC3)cc2OC[C@H](C)N(Cc2ccc(F)cc2)C[C@H]1C. The van der Waals surface area contributed by atoms with E-state index in [4.69, 9.17) is 9.47 Å². The highest BCUT2D eigenvalue weighted by Crippen LogP contribution is 2.32. The summed E-state index contributed by atoms with van der Waals surface area (Å²) in [5, 5.41) is 2.94. The number of likely N-dealkylation sites (N-methyl/N-ethyl adjacent to an activating group) is 1. The number of ether oxygens (including phenoxy) is 2. The Hall–Kier alpha value is -2.97. The summed E-state index contributed by atoms with van der Waals surface area (Å²) in [6.45, 7) is 6.31.